The highest BCUT2D eigenvalue weighted by atomic mass is 33.3. The average molecular weight is 218 g/mol. The highest BCUT2D eigenvalue weighted by Crippen LogP contribution is 2.37. The van der Waals surface area contributed by atoms with Crippen LogP contribution in [0.15, 0.2) is 29.2 Å². The highest BCUT2D eigenvalue weighted by Gasteiger charge is 1.99. The largest absolute Gasteiger partial charge is 0.396 e. The summed E-state index contributed by atoms with van der Waals surface area (Å²) in [5.74, 6) is 0. The average Bonchev–Trinajstić information content (AvgIpc) is 2.09. The molecule has 12 heavy (non-hydrogen) atoms. The van der Waals surface area contributed by atoms with Gasteiger partial charge in [0.05, 0.1) is 0 Å². The molecule has 1 aromatic carbocycles. The van der Waals surface area contributed by atoms with E-state index in [1.165, 1.54) is 10.5 Å². The van der Waals surface area contributed by atoms with Gasteiger partial charge in [-0.05, 0) is 18.1 Å². The van der Waals surface area contributed by atoms with Gasteiger partial charge in [-0.15, -0.1) is 0 Å². The number of rotatable bonds is 4. The molecule has 0 bridgehead atoms. The van der Waals surface area contributed by atoms with Gasteiger partial charge in [-0.1, -0.05) is 47.8 Å². The molecule has 1 N–H and O–H groups in total. The summed E-state index contributed by atoms with van der Waals surface area (Å²) in [6, 6.07) is 8.15. The standard InChI is InChI=1S/C8H11OPS2/c9-6-5-7-3-1-2-4-8(7)11-12-10/h1-4,9H,5-6,10H2. The molecular weight excluding hydrogens is 207 g/mol. The first-order chi connectivity index (χ1) is 5.88. The van der Waals surface area contributed by atoms with E-state index < -0.39 is 0 Å². The minimum atomic E-state index is 0.221. The van der Waals surface area contributed by atoms with Crippen molar-refractivity contribution in [2.24, 2.45) is 0 Å². The molecule has 0 fully saturated rings. The lowest BCUT2D eigenvalue weighted by molar-refractivity contribution is 0.299. The molecule has 0 aromatic heterocycles. The van der Waals surface area contributed by atoms with Gasteiger partial charge in [0.2, 0.25) is 0 Å². The van der Waals surface area contributed by atoms with E-state index in [9.17, 15) is 0 Å². The number of hydrogen-bond donors (Lipinski definition) is 1. The van der Waals surface area contributed by atoms with Gasteiger partial charge in [-0.2, -0.15) is 0 Å². The minimum Gasteiger partial charge on any atom is -0.396 e. The second kappa shape index (κ2) is 5.87. The zero-order valence-electron chi connectivity index (χ0n) is 6.56. The number of aliphatic hydroxyl groups excluding tert-OH is 1. The first-order valence-corrected chi connectivity index (χ1v) is 7.23. The molecule has 66 valence electrons. The smallest absolute Gasteiger partial charge is 0.0471 e. The second-order valence-corrected chi connectivity index (χ2v) is 5.87. The summed E-state index contributed by atoms with van der Waals surface area (Å²) in [5, 5.41) is 8.79. The Morgan fingerprint density at radius 3 is 2.75 bits per heavy atom. The van der Waals surface area contributed by atoms with Crippen molar-refractivity contribution in [1.29, 1.82) is 0 Å². The predicted molar refractivity (Wildman–Crippen MR) is 60.4 cm³/mol. The van der Waals surface area contributed by atoms with Gasteiger partial charge in [0, 0.05) is 11.5 Å². The monoisotopic (exact) mass is 218 g/mol. The fourth-order valence-corrected chi connectivity index (χ4v) is 3.21. The molecule has 1 aromatic rings. The molecule has 0 amide bonds. The van der Waals surface area contributed by atoms with Gasteiger partial charge in [0.15, 0.2) is 0 Å². The van der Waals surface area contributed by atoms with Crippen LogP contribution in [0.5, 0.6) is 0 Å². The van der Waals surface area contributed by atoms with Gasteiger partial charge < -0.3 is 5.11 Å². The number of hydrogen-bond acceptors (Lipinski definition) is 3. The van der Waals surface area contributed by atoms with E-state index >= 15 is 0 Å². The zero-order valence-corrected chi connectivity index (χ0v) is 9.35. The second-order valence-electron chi connectivity index (χ2n) is 2.26. The van der Waals surface area contributed by atoms with Crippen LogP contribution in [0.4, 0.5) is 0 Å². The van der Waals surface area contributed by atoms with Gasteiger partial charge in [0.1, 0.15) is 0 Å². The Hall–Kier alpha value is 0.310. The molecule has 1 unspecified atom stereocenters. The van der Waals surface area contributed by atoms with Crippen LogP contribution in [0, 0.1) is 0 Å². The number of aliphatic hydroxyl groups is 1. The van der Waals surface area contributed by atoms with Crippen molar-refractivity contribution in [3.05, 3.63) is 29.8 Å². The Kier molecular flexibility index (Phi) is 5.08. The van der Waals surface area contributed by atoms with Gasteiger partial charge in [-0.25, -0.2) is 0 Å². The van der Waals surface area contributed by atoms with Crippen molar-refractivity contribution in [1.82, 2.24) is 0 Å². The van der Waals surface area contributed by atoms with Crippen LogP contribution in [-0.2, 0) is 6.42 Å². The molecule has 0 saturated carbocycles. The highest BCUT2D eigenvalue weighted by molar-refractivity contribution is 8.94. The van der Waals surface area contributed by atoms with Crippen LogP contribution in [-0.4, -0.2) is 11.7 Å². The first kappa shape index (κ1) is 10.4. The van der Waals surface area contributed by atoms with E-state index in [1.807, 2.05) is 12.1 Å². The quantitative estimate of drug-likeness (QED) is 0.620. The first-order valence-electron chi connectivity index (χ1n) is 3.60. The Balaban J connectivity index is 2.77. The third kappa shape index (κ3) is 2.98. The molecule has 0 saturated heterocycles. The molecule has 1 nitrogen and oxygen atoms in total. The summed E-state index contributed by atoms with van der Waals surface area (Å²) in [4.78, 5) is 1.24. The lowest BCUT2D eigenvalue weighted by Gasteiger charge is -2.04. The molecule has 0 aliphatic heterocycles. The van der Waals surface area contributed by atoms with E-state index in [4.69, 9.17) is 5.11 Å². The molecule has 0 spiro atoms. The zero-order chi connectivity index (χ0) is 8.81. The molecule has 0 heterocycles. The van der Waals surface area contributed by atoms with Crippen molar-refractivity contribution in [2.75, 3.05) is 6.61 Å². The summed E-state index contributed by atoms with van der Waals surface area (Å²) in [5.41, 5.74) is 1.22. The van der Waals surface area contributed by atoms with Crippen molar-refractivity contribution in [3.8, 4) is 0 Å². The third-order valence-electron chi connectivity index (χ3n) is 1.49. The fraction of sp³-hybridized carbons (Fsp3) is 0.250. The maximum atomic E-state index is 8.79. The van der Waals surface area contributed by atoms with Crippen LogP contribution < -0.4 is 0 Å². The molecule has 0 radical (unpaired) electrons. The topological polar surface area (TPSA) is 20.2 Å². The maximum Gasteiger partial charge on any atom is 0.0471 e. The molecule has 0 aliphatic rings. The molecule has 1 atom stereocenters. The molecule has 1 rings (SSSR count). The molecule has 4 heteroatoms. The SMILES string of the molecule is OCCc1ccccc1SSP. The normalized spacial score (nSPS) is 10.2. The maximum absolute atomic E-state index is 8.79. The van der Waals surface area contributed by atoms with Crippen LogP contribution >= 0.6 is 29.6 Å². The summed E-state index contributed by atoms with van der Waals surface area (Å²) >= 11 is 0. The Morgan fingerprint density at radius 2 is 2.08 bits per heavy atom. The van der Waals surface area contributed by atoms with Crippen molar-refractivity contribution in [2.45, 2.75) is 11.3 Å². The summed E-state index contributed by atoms with van der Waals surface area (Å²) < 4.78 is 0. The predicted octanol–water partition coefficient (Wildman–Crippen LogP) is 2.75. The van der Waals surface area contributed by atoms with Gasteiger partial charge >= 0.3 is 0 Å². The van der Waals surface area contributed by atoms with E-state index in [0.717, 1.165) is 6.42 Å². The lowest BCUT2D eigenvalue weighted by atomic mass is 10.2. The summed E-state index contributed by atoms with van der Waals surface area (Å²) in [6.07, 6.45) is 0.744. The summed E-state index contributed by atoms with van der Waals surface area (Å²) in [7, 11) is 5.96. The Labute approximate surface area is 82.7 Å². The number of benzene rings is 1. The fourth-order valence-electron chi connectivity index (χ4n) is 0.964. The van der Waals surface area contributed by atoms with Crippen LogP contribution in [0.1, 0.15) is 5.56 Å². The molecule has 0 aliphatic carbocycles. The Morgan fingerprint density at radius 1 is 1.33 bits per heavy atom. The summed E-state index contributed by atoms with van der Waals surface area (Å²) in [6.45, 7) is 0.221. The van der Waals surface area contributed by atoms with E-state index in [0.29, 0.717) is 0 Å². The lowest BCUT2D eigenvalue weighted by Crippen LogP contribution is -1.91. The van der Waals surface area contributed by atoms with Gasteiger partial charge in [0.25, 0.3) is 0 Å². The van der Waals surface area contributed by atoms with E-state index in [1.54, 1.807) is 21.2 Å². The Bertz CT molecular complexity index is 217. The minimum absolute atomic E-state index is 0.221. The van der Waals surface area contributed by atoms with E-state index in [-0.39, 0.29) is 6.61 Å². The van der Waals surface area contributed by atoms with E-state index in [2.05, 4.69) is 20.6 Å². The van der Waals surface area contributed by atoms with Crippen molar-refractivity contribution in [3.63, 3.8) is 0 Å². The molecular formula is C8H11OPS2. The van der Waals surface area contributed by atoms with Crippen LogP contribution in [0.25, 0.3) is 0 Å². The van der Waals surface area contributed by atoms with Crippen molar-refractivity contribution >= 4 is 29.6 Å². The third-order valence-corrected chi connectivity index (χ3v) is 3.86. The van der Waals surface area contributed by atoms with Gasteiger partial charge in [-0.3, -0.25) is 0 Å². The van der Waals surface area contributed by atoms with Crippen LogP contribution in [0.2, 0.25) is 0 Å². The van der Waals surface area contributed by atoms with Crippen LogP contribution in [0.3, 0.4) is 0 Å². The van der Waals surface area contributed by atoms with Crippen molar-refractivity contribution < 1.29 is 5.11 Å².